The van der Waals surface area contributed by atoms with Crippen LogP contribution in [0.2, 0.25) is 0 Å². The van der Waals surface area contributed by atoms with Crippen LogP contribution in [0.3, 0.4) is 0 Å². The Hall–Kier alpha value is -0.720. The summed E-state index contributed by atoms with van der Waals surface area (Å²) in [6, 6.07) is 0. The fourth-order valence-electron chi connectivity index (χ4n) is 5.23. The molecule has 16 atom stereocenters. The van der Waals surface area contributed by atoms with Crippen molar-refractivity contribution in [2.24, 2.45) is 0 Å². The van der Waals surface area contributed by atoms with Crippen LogP contribution in [0.25, 0.3) is 0 Å². The Morgan fingerprint density at radius 1 is 0.417 bits per heavy atom. The summed E-state index contributed by atoms with van der Waals surface area (Å²) < 4.78 is 9.79. The number of ether oxygens (including phenoxy) is 2. The van der Waals surface area contributed by atoms with E-state index in [-0.39, 0.29) is 0 Å². The monoisotopic (exact) mass is 536 g/mol. The summed E-state index contributed by atoms with van der Waals surface area (Å²) in [6.07, 6.45) is -31.5. The minimum atomic E-state index is -4.36. The summed E-state index contributed by atoms with van der Waals surface area (Å²) in [5.74, 6) is -8.19. The van der Waals surface area contributed by atoms with Crippen molar-refractivity contribution in [1.29, 1.82) is 0 Å². The van der Waals surface area contributed by atoms with Gasteiger partial charge in [-0.2, -0.15) is 0 Å². The maximum atomic E-state index is 11.6. The molecule has 212 valence electrons. The van der Waals surface area contributed by atoms with Crippen LogP contribution in [-0.4, -0.2) is 191 Å². The van der Waals surface area contributed by atoms with Gasteiger partial charge in [0.1, 0.15) is 73.2 Å². The molecule has 1 saturated carbocycles. The lowest BCUT2D eigenvalue weighted by Gasteiger charge is -2.66. The Morgan fingerprint density at radius 2 is 0.667 bits per heavy atom. The van der Waals surface area contributed by atoms with Gasteiger partial charge in [-0.05, 0) is 0 Å². The van der Waals surface area contributed by atoms with E-state index in [0.717, 1.165) is 0 Å². The second kappa shape index (κ2) is 9.48. The Labute approximate surface area is 201 Å². The Bertz CT molecular complexity index is 736. The van der Waals surface area contributed by atoms with Crippen LogP contribution in [0, 0.1) is 0 Å². The largest absolute Gasteiger partial charge is 0.394 e. The Morgan fingerprint density at radius 3 is 0.917 bits per heavy atom. The van der Waals surface area contributed by atoms with Gasteiger partial charge in [0.05, 0.1) is 13.2 Å². The standard InChI is InChI=1S/C18H32O18/c19-1-3-5(21)7(23)13(29)17(33,35-3)15(31)11(27)9(25)10(26)12(28)16(15,32)18(34)14(30)8(24)6(22)4(2-20)36-18/h3-14,19-34H,1-2H2/t3-,4-,5+,6+,7+,8+,9-,10-,11-,12+,13-,14-,15-,16+,17-,18+/m1/s1. The van der Waals surface area contributed by atoms with Crippen LogP contribution in [0.15, 0.2) is 0 Å². The smallest absolute Gasteiger partial charge is 0.231 e. The first-order valence-corrected chi connectivity index (χ1v) is 10.7. The molecule has 1 aliphatic carbocycles. The molecular weight excluding hydrogens is 504 g/mol. The molecule has 0 bridgehead atoms. The predicted octanol–water partition coefficient (Wildman–Crippen LogP) is -10.8. The van der Waals surface area contributed by atoms with Crippen molar-refractivity contribution < 1.29 is 91.2 Å². The second-order valence-electron chi connectivity index (χ2n) is 9.33. The minimum Gasteiger partial charge on any atom is -0.394 e. The zero-order valence-electron chi connectivity index (χ0n) is 18.3. The molecule has 3 aliphatic rings. The molecule has 36 heavy (non-hydrogen) atoms. The van der Waals surface area contributed by atoms with Crippen LogP contribution in [0.5, 0.6) is 0 Å². The van der Waals surface area contributed by atoms with E-state index >= 15 is 0 Å². The summed E-state index contributed by atoms with van der Waals surface area (Å²) >= 11 is 0. The maximum Gasteiger partial charge on any atom is 0.231 e. The van der Waals surface area contributed by atoms with Crippen LogP contribution in [-0.2, 0) is 9.47 Å². The molecular formula is C18H32O18. The van der Waals surface area contributed by atoms with E-state index in [9.17, 15) is 81.7 Å². The number of hydrogen-bond donors (Lipinski definition) is 16. The fraction of sp³-hybridized carbons (Fsp3) is 1.00. The van der Waals surface area contributed by atoms with E-state index < -0.39 is 109 Å². The highest BCUT2D eigenvalue weighted by atomic mass is 16.7. The van der Waals surface area contributed by atoms with Gasteiger partial charge < -0.3 is 91.2 Å². The minimum absolute atomic E-state index is 1.26. The quantitative estimate of drug-likeness (QED) is 0.158. The van der Waals surface area contributed by atoms with Gasteiger partial charge in [-0.25, -0.2) is 0 Å². The van der Waals surface area contributed by atoms with E-state index in [2.05, 4.69) is 0 Å². The van der Waals surface area contributed by atoms with Crippen molar-refractivity contribution in [3.8, 4) is 0 Å². The maximum absolute atomic E-state index is 11.6. The lowest BCUT2D eigenvalue weighted by molar-refractivity contribution is -0.508. The van der Waals surface area contributed by atoms with E-state index in [4.69, 9.17) is 9.47 Å². The molecule has 18 heteroatoms. The molecule has 0 amide bonds. The van der Waals surface area contributed by atoms with Gasteiger partial charge in [-0.3, -0.25) is 0 Å². The first-order chi connectivity index (χ1) is 16.4. The summed E-state index contributed by atoms with van der Waals surface area (Å²) in [5, 5.41) is 168. The van der Waals surface area contributed by atoms with Gasteiger partial charge in [-0.1, -0.05) is 0 Å². The van der Waals surface area contributed by atoms with Crippen molar-refractivity contribution in [2.75, 3.05) is 13.2 Å². The Kier molecular flexibility index (Phi) is 7.86. The average Bonchev–Trinajstić information content (AvgIpc) is 2.86. The molecule has 2 heterocycles. The molecule has 3 fully saturated rings. The van der Waals surface area contributed by atoms with Crippen LogP contribution >= 0.6 is 0 Å². The molecule has 0 unspecified atom stereocenters. The Balaban J connectivity index is 2.33. The van der Waals surface area contributed by atoms with Crippen LogP contribution in [0.1, 0.15) is 0 Å². The third kappa shape index (κ3) is 3.45. The van der Waals surface area contributed by atoms with Crippen LogP contribution in [0.4, 0.5) is 0 Å². The molecule has 18 nitrogen and oxygen atoms in total. The summed E-state index contributed by atoms with van der Waals surface area (Å²) in [7, 11) is 0. The lowest BCUT2D eigenvalue weighted by atomic mass is 9.55. The van der Waals surface area contributed by atoms with E-state index in [1.807, 2.05) is 0 Å². The van der Waals surface area contributed by atoms with Crippen molar-refractivity contribution in [3.63, 3.8) is 0 Å². The van der Waals surface area contributed by atoms with Crippen molar-refractivity contribution in [1.82, 2.24) is 0 Å². The molecule has 2 aliphatic heterocycles. The number of rotatable bonds is 4. The van der Waals surface area contributed by atoms with Crippen molar-refractivity contribution >= 4 is 0 Å². The molecule has 0 aromatic heterocycles. The first kappa shape index (κ1) is 29.8. The molecule has 0 spiro atoms. The average molecular weight is 536 g/mol. The second-order valence-corrected chi connectivity index (χ2v) is 9.33. The number of hydrogen-bond acceptors (Lipinski definition) is 18. The van der Waals surface area contributed by atoms with Crippen molar-refractivity contribution in [3.05, 3.63) is 0 Å². The van der Waals surface area contributed by atoms with Crippen molar-refractivity contribution in [2.45, 2.75) is 96.0 Å². The van der Waals surface area contributed by atoms with Gasteiger partial charge in [-0.15, -0.1) is 0 Å². The molecule has 0 aromatic carbocycles. The molecule has 16 N–H and O–H groups in total. The molecule has 2 saturated heterocycles. The van der Waals surface area contributed by atoms with Gasteiger partial charge >= 0.3 is 0 Å². The SMILES string of the molecule is OC[C@H]1O[C@](O)([C@]2(O)[C@@H](O)[C@H](O)[C@@H](O)[C@@H](O)[C@]2(O)[C@]2(O)O[C@H](CO)[C@H](O)[C@H](O)[C@H]2O)[C@H](O)[C@@H](O)[C@H]1O. The van der Waals surface area contributed by atoms with Crippen LogP contribution < -0.4 is 0 Å². The summed E-state index contributed by atoms with van der Waals surface area (Å²) in [6.45, 7) is -2.51. The lowest BCUT2D eigenvalue weighted by Crippen LogP contribution is -2.95. The molecule has 3 rings (SSSR count). The van der Waals surface area contributed by atoms with Gasteiger partial charge in [0.25, 0.3) is 0 Å². The molecule has 0 radical (unpaired) electrons. The van der Waals surface area contributed by atoms with Gasteiger partial charge in [0.15, 0.2) is 11.2 Å². The normalized spacial score (nSPS) is 60.7. The zero-order valence-corrected chi connectivity index (χ0v) is 18.3. The predicted molar refractivity (Wildman–Crippen MR) is 104 cm³/mol. The highest BCUT2D eigenvalue weighted by Crippen LogP contribution is 2.55. The highest BCUT2D eigenvalue weighted by molar-refractivity contribution is 5.30. The first-order valence-electron chi connectivity index (χ1n) is 10.7. The molecule has 0 aromatic rings. The van der Waals surface area contributed by atoms with Gasteiger partial charge in [0, 0.05) is 0 Å². The summed E-state index contributed by atoms with van der Waals surface area (Å²) in [4.78, 5) is 0. The van der Waals surface area contributed by atoms with E-state index in [0.29, 0.717) is 0 Å². The third-order valence-electron chi connectivity index (χ3n) is 7.46. The van der Waals surface area contributed by atoms with Gasteiger partial charge in [0.2, 0.25) is 11.6 Å². The number of aliphatic hydroxyl groups is 16. The highest BCUT2D eigenvalue weighted by Gasteiger charge is 2.86. The third-order valence-corrected chi connectivity index (χ3v) is 7.46. The topological polar surface area (TPSA) is 342 Å². The number of aliphatic hydroxyl groups excluding tert-OH is 12. The van der Waals surface area contributed by atoms with E-state index in [1.165, 1.54) is 0 Å². The fourth-order valence-corrected chi connectivity index (χ4v) is 5.23. The summed E-state index contributed by atoms with van der Waals surface area (Å²) in [5.41, 5.74) is -8.71. The van der Waals surface area contributed by atoms with E-state index in [1.54, 1.807) is 0 Å². The zero-order chi connectivity index (χ0) is 27.8.